The van der Waals surface area contributed by atoms with Crippen molar-refractivity contribution in [2.24, 2.45) is 0 Å². The molecule has 0 aromatic rings. The van der Waals surface area contributed by atoms with Gasteiger partial charge in [0.05, 0.1) is 0 Å². The quantitative estimate of drug-likeness (QED) is 0.252. The van der Waals surface area contributed by atoms with E-state index in [1.165, 1.54) is 57.8 Å². The van der Waals surface area contributed by atoms with E-state index in [1.54, 1.807) is 0 Å². The molecule has 0 aromatic carbocycles. The number of phosphoric acid groups is 1. The smallest absolute Gasteiger partial charge is 0.343 e. The molecule has 0 aliphatic rings. The van der Waals surface area contributed by atoms with Crippen LogP contribution in [-0.2, 0) is 4.57 Å². The van der Waals surface area contributed by atoms with Crippen molar-refractivity contribution < 1.29 is 38.1 Å². The molecule has 4 nitrogen and oxygen atoms in total. The summed E-state index contributed by atoms with van der Waals surface area (Å²) in [6.45, 7) is 6.12. The molecule has 0 aliphatic carbocycles. The molecule has 106 valence electrons. The van der Waals surface area contributed by atoms with E-state index in [4.69, 9.17) is 19.2 Å². The van der Waals surface area contributed by atoms with Gasteiger partial charge in [-0.25, -0.2) is 4.57 Å². The average Bonchev–Trinajstić information content (AvgIpc) is 2.20. The molecule has 0 atom stereocenters. The molecule has 0 aromatic heterocycles. The Labute approximate surface area is 124 Å². The summed E-state index contributed by atoms with van der Waals surface area (Å²) in [7, 11) is -4.64. The van der Waals surface area contributed by atoms with Crippen molar-refractivity contribution in [2.45, 2.75) is 71.1 Å². The van der Waals surface area contributed by atoms with Crippen LogP contribution in [0.3, 0.4) is 0 Å². The number of rotatable bonds is 9. The number of hydrogen-bond donors (Lipinski definition) is 3. The van der Waals surface area contributed by atoms with E-state index in [-0.39, 0.29) is 18.9 Å². The molecule has 0 radical (unpaired) electrons. The van der Waals surface area contributed by atoms with Crippen LogP contribution in [0.15, 0.2) is 0 Å². The van der Waals surface area contributed by atoms with Gasteiger partial charge in [-0.3, -0.25) is 0 Å². The minimum Gasteiger partial charge on any atom is -0.343 e. The van der Waals surface area contributed by atoms with Crippen LogP contribution in [0.2, 0.25) is 0 Å². The molecular formula is C12H28LiO4P. The van der Waals surface area contributed by atoms with Crippen LogP contribution >= 0.6 is 7.82 Å². The van der Waals surface area contributed by atoms with Gasteiger partial charge >= 0.3 is 26.7 Å². The maximum Gasteiger partial charge on any atom is 1.00 e. The van der Waals surface area contributed by atoms with Gasteiger partial charge in [0, 0.05) is 0 Å². The van der Waals surface area contributed by atoms with Gasteiger partial charge in [-0.05, 0) is 0 Å². The topological polar surface area (TPSA) is 77.8 Å². The first-order valence-electron chi connectivity index (χ1n) is 6.49. The molecule has 6 heteroatoms. The van der Waals surface area contributed by atoms with Crippen molar-refractivity contribution in [1.29, 1.82) is 0 Å². The first-order valence-corrected chi connectivity index (χ1v) is 8.05. The molecule has 0 unspecified atom stereocenters. The van der Waals surface area contributed by atoms with Gasteiger partial charge in [0.25, 0.3) is 0 Å². The molecule has 0 heterocycles. The molecule has 0 spiro atoms. The Hall–Kier alpha value is 0.707. The molecule has 0 amide bonds. The van der Waals surface area contributed by atoms with Crippen LogP contribution in [0.1, 0.15) is 71.1 Å². The van der Waals surface area contributed by atoms with Crippen molar-refractivity contribution in [3.63, 3.8) is 0 Å². The first-order chi connectivity index (χ1) is 7.91. The number of hydrogen-bond acceptors (Lipinski definition) is 1. The van der Waals surface area contributed by atoms with E-state index in [1.807, 2.05) is 0 Å². The molecule has 0 saturated heterocycles. The molecule has 0 rings (SSSR count). The molecule has 0 aliphatic heterocycles. The summed E-state index contributed by atoms with van der Waals surface area (Å²) >= 11 is 0. The standard InChI is InChI=1S/C12H25.Li.H3O4P/c1-3-5-7-9-11-12-10-8-6-4-2;;1-5(2,3)4/h1,3-12H2,2H3;;(H3,1,2,3,4)/q-1;+1;. The summed E-state index contributed by atoms with van der Waals surface area (Å²) in [5, 5.41) is 0. The van der Waals surface area contributed by atoms with E-state index in [0.717, 1.165) is 6.42 Å². The summed E-state index contributed by atoms with van der Waals surface area (Å²) in [6, 6.07) is 0. The van der Waals surface area contributed by atoms with Crippen molar-refractivity contribution >= 4 is 7.82 Å². The van der Waals surface area contributed by atoms with Gasteiger partial charge in [-0.1, -0.05) is 64.7 Å². The van der Waals surface area contributed by atoms with Gasteiger partial charge in [-0.2, -0.15) is 6.42 Å². The third-order valence-corrected chi connectivity index (χ3v) is 2.35. The van der Waals surface area contributed by atoms with Crippen LogP contribution < -0.4 is 18.9 Å². The van der Waals surface area contributed by atoms with Crippen LogP contribution in [-0.4, -0.2) is 14.7 Å². The molecular weight excluding hydrogens is 246 g/mol. The van der Waals surface area contributed by atoms with E-state index < -0.39 is 7.82 Å². The largest absolute Gasteiger partial charge is 1.00 e. The van der Waals surface area contributed by atoms with Gasteiger partial charge in [-0.15, -0.1) is 0 Å². The van der Waals surface area contributed by atoms with Crippen molar-refractivity contribution in [1.82, 2.24) is 0 Å². The second-order valence-corrected chi connectivity index (χ2v) is 5.22. The van der Waals surface area contributed by atoms with Crippen molar-refractivity contribution in [3.8, 4) is 0 Å². The zero-order valence-corrected chi connectivity index (χ0v) is 12.9. The summed E-state index contributed by atoms with van der Waals surface area (Å²) in [4.78, 5) is 21.6. The molecule has 0 saturated carbocycles. The fourth-order valence-corrected chi connectivity index (χ4v) is 1.49. The summed E-state index contributed by atoms with van der Waals surface area (Å²) < 4.78 is 8.88. The fourth-order valence-electron chi connectivity index (χ4n) is 1.49. The van der Waals surface area contributed by atoms with Gasteiger partial charge in [0.15, 0.2) is 0 Å². The van der Waals surface area contributed by atoms with Gasteiger partial charge < -0.3 is 21.6 Å². The van der Waals surface area contributed by atoms with Crippen molar-refractivity contribution in [2.75, 3.05) is 0 Å². The van der Waals surface area contributed by atoms with Crippen molar-refractivity contribution in [3.05, 3.63) is 6.92 Å². The minimum absolute atomic E-state index is 0. The second kappa shape index (κ2) is 17.7. The third-order valence-electron chi connectivity index (χ3n) is 2.35. The molecule has 0 fully saturated rings. The predicted octanol–water partition coefficient (Wildman–Crippen LogP) is 0.817. The Balaban J connectivity index is -0.000000321. The average molecular weight is 274 g/mol. The van der Waals surface area contributed by atoms with Crippen LogP contribution in [0.5, 0.6) is 0 Å². The third kappa shape index (κ3) is 43.7. The number of unbranched alkanes of at least 4 members (excludes halogenated alkanes) is 9. The van der Waals surface area contributed by atoms with Crippen LogP contribution in [0, 0.1) is 6.92 Å². The monoisotopic (exact) mass is 274 g/mol. The van der Waals surface area contributed by atoms with Gasteiger partial charge in [0.2, 0.25) is 0 Å². The van der Waals surface area contributed by atoms with Crippen LogP contribution in [0.4, 0.5) is 0 Å². The normalized spacial score (nSPS) is 10.3. The second-order valence-electron chi connectivity index (χ2n) is 4.20. The summed E-state index contributed by atoms with van der Waals surface area (Å²) in [5.74, 6) is 0. The van der Waals surface area contributed by atoms with E-state index >= 15 is 0 Å². The fraction of sp³-hybridized carbons (Fsp3) is 0.917. The Morgan fingerprint density at radius 1 is 0.833 bits per heavy atom. The van der Waals surface area contributed by atoms with Crippen LogP contribution in [0.25, 0.3) is 0 Å². The Kier molecular flexibility index (Phi) is 23.4. The van der Waals surface area contributed by atoms with E-state index in [9.17, 15) is 0 Å². The van der Waals surface area contributed by atoms with E-state index in [0.29, 0.717) is 0 Å². The van der Waals surface area contributed by atoms with Gasteiger partial charge in [0.1, 0.15) is 0 Å². The predicted molar refractivity (Wildman–Crippen MR) is 71.5 cm³/mol. The first kappa shape index (κ1) is 23.8. The zero-order valence-electron chi connectivity index (χ0n) is 12.0. The molecule has 18 heavy (non-hydrogen) atoms. The minimum atomic E-state index is -4.64. The summed E-state index contributed by atoms with van der Waals surface area (Å²) in [6.07, 6.45) is 13.9. The summed E-state index contributed by atoms with van der Waals surface area (Å²) in [5.41, 5.74) is 0. The molecule has 3 N–H and O–H groups in total. The van der Waals surface area contributed by atoms with E-state index in [2.05, 4.69) is 13.8 Å². The maximum atomic E-state index is 8.88. The Bertz CT molecular complexity index is 167. The SMILES string of the molecule is O=P(O)(O)O.[CH2-]CCCCCCCCCCC.[Li+]. The molecule has 0 bridgehead atoms. The maximum absolute atomic E-state index is 8.88. The Morgan fingerprint density at radius 2 is 1.11 bits per heavy atom. The Morgan fingerprint density at radius 3 is 1.39 bits per heavy atom. The zero-order chi connectivity index (χ0) is 13.6.